The fourth-order valence-corrected chi connectivity index (χ4v) is 1.89. The summed E-state index contributed by atoms with van der Waals surface area (Å²) in [6, 6.07) is 7.79. The summed E-state index contributed by atoms with van der Waals surface area (Å²) in [4.78, 5) is 4.45. The number of nitrogens with two attached hydrogens (primary N) is 1. The van der Waals surface area contributed by atoms with Crippen LogP contribution < -0.4 is 10.6 Å². The van der Waals surface area contributed by atoms with Crippen molar-refractivity contribution in [2.75, 3.05) is 44.4 Å². The van der Waals surface area contributed by atoms with Crippen LogP contribution >= 0.6 is 0 Å². The number of nitrogen functional groups attached to an aromatic ring is 1. The number of benzene rings is 1. The van der Waals surface area contributed by atoms with Gasteiger partial charge in [-0.15, -0.1) is 0 Å². The topological polar surface area (TPSA) is 56.3 Å². The van der Waals surface area contributed by atoms with Gasteiger partial charge in [0.05, 0.1) is 5.56 Å². The van der Waals surface area contributed by atoms with Gasteiger partial charge in [-0.25, -0.2) is 0 Å². The quantitative estimate of drug-likeness (QED) is 0.779. The van der Waals surface area contributed by atoms with Crippen LogP contribution in [0.5, 0.6) is 0 Å². The summed E-state index contributed by atoms with van der Waals surface area (Å²) < 4.78 is 0. The minimum atomic E-state index is 0.547. The summed E-state index contributed by atoms with van der Waals surface area (Å²) in [7, 11) is 4.15. The first-order valence-electron chi connectivity index (χ1n) is 6.27. The van der Waals surface area contributed by atoms with Gasteiger partial charge in [0.25, 0.3) is 0 Å². The molecular formula is C14H22N4. The second kappa shape index (κ2) is 6.87. The van der Waals surface area contributed by atoms with Gasteiger partial charge >= 0.3 is 0 Å². The van der Waals surface area contributed by atoms with Crippen LogP contribution in [0, 0.1) is 11.3 Å². The van der Waals surface area contributed by atoms with E-state index in [0.717, 1.165) is 31.7 Å². The van der Waals surface area contributed by atoms with Crippen LogP contribution in [-0.2, 0) is 0 Å². The van der Waals surface area contributed by atoms with Gasteiger partial charge in [-0.1, -0.05) is 0 Å². The van der Waals surface area contributed by atoms with Crippen LogP contribution in [0.4, 0.5) is 11.4 Å². The van der Waals surface area contributed by atoms with E-state index in [1.165, 1.54) is 0 Å². The molecule has 0 atom stereocenters. The normalized spacial score (nSPS) is 10.4. The molecule has 98 valence electrons. The van der Waals surface area contributed by atoms with E-state index >= 15 is 0 Å². The van der Waals surface area contributed by atoms with Gasteiger partial charge in [-0.05, 0) is 52.2 Å². The summed E-state index contributed by atoms with van der Waals surface area (Å²) in [5.74, 6) is 0. The van der Waals surface area contributed by atoms with Crippen molar-refractivity contribution >= 4 is 11.4 Å². The monoisotopic (exact) mass is 246 g/mol. The molecule has 1 aromatic rings. The van der Waals surface area contributed by atoms with E-state index < -0.39 is 0 Å². The molecule has 4 nitrogen and oxygen atoms in total. The number of hydrogen-bond acceptors (Lipinski definition) is 4. The minimum Gasteiger partial charge on any atom is -0.398 e. The zero-order valence-electron chi connectivity index (χ0n) is 11.5. The zero-order valence-corrected chi connectivity index (χ0v) is 11.5. The highest BCUT2D eigenvalue weighted by molar-refractivity contribution is 5.62. The Hall–Kier alpha value is -1.73. The van der Waals surface area contributed by atoms with E-state index in [1.807, 2.05) is 18.2 Å². The van der Waals surface area contributed by atoms with Crippen LogP contribution in [-0.4, -0.2) is 38.6 Å². The highest BCUT2D eigenvalue weighted by atomic mass is 15.1. The van der Waals surface area contributed by atoms with Crippen LogP contribution in [0.1, 0.15) is 18.9 Å². The molecule has 1 aromatic carbocycles. The van der Waals surface area contributed by atoms with Crippen LogP contribution in [0.2, 0.25) is 0 Å². The van der Waals surface area contributed by atoms with Crippen molar-refractivity contribution in [1.82, 2.24) is 4.90 Å². The van der Waals surface area contributed by atoms with Gasteiger partial charge in [-0.2, -0.15) is 5.26 Å². The third-order valence-electron chi connectivity index (χ3n) is 2.94. The molecule has 2 N–H and O–H groups in total. The number of hydrogen-bond donors (Lipinski definition) is 1. The number of nitriles is 1. The predicted molar refractivity (Wildman–Crippen MR) is 76.6 cm³/mol. The molecule has 0 aliphatic heterocycles. The van der Waals surface area contributed by atoms with Crippen molar-refractivity contribution in [3.8, 4) is 6.07 Å². The summed E-state index contributed by atoms with van der Waals surface area (Å²) in [5.41, 5.74) is 7.91. The van der Waals surface area contributed by atoms with Crippen molar-refractivity contribution in [1.29, 1.82) is 5.26 Å². The first kappa shape index (κ1) is 14.3. The van der Waals surface area contributed by atoms with Crippen LogP contribution in [0.25, 0.3) is 0 Å². The van der Waals surface area contributed by atoms with Crippen LogP contribution in [0.15, 0.2) is 18.2 Å². The Labute approximate surface area is 110 Å². The first-order valence-corrected chi connectivity index (χ1v) is 6.27. The molecule has 0 unspecified atom stereocenters. The van der Waals surface area contributed by atoms with E-state index in [4.69, 9.17) is 11.0 Å². The molecule has 18 heavy (non-hydrogen) atoms. The number of nitrogens with zero attached hydrogens (tertiary/aromatic N) is 3. The molecule has 0 bridgehead atoms. The van der Waals surface area contributed by atoms with Crippen molar-refractivity contribution in [3.63, 3.8) is 0 Å². The van der Waals surface area contributed by atoms with Gasteiger partial charge in [-0.3, -0.25) is 0 Å². The first-order chi connectivity index (χ1) is 8.58. The highest BCUT2D eigenvalue weighted by Gasteiger charge is 2.07. The summed E-state index contributed by atoms with van der Waals surface area (Å²) >= 11 is 0. The molecule has 0 saturated carbocycles. The molecular weight excluding hydrogens is 224 g/mol. The van der Waals surface area contributed by atoms with E-state index in [2.05, 4.69) is 36.9 Å². The molecule has 0 aliphatic carbocycles. The van der Waals surface area contributed by atoms with Crippen LogP contribution in [0.3, 0.4) is 0 Å². The molecule has 0 aromatic heterocycles. The maximum atomic E-state index is 8.99. The second-order valence-corrected chi connectivity index (χ2v) is 4.62. The van der Waals surface area contributed by atoms with Crippen molar-refractivity contribution in [3.05, 3.63) is 23.8 Å². The lowest BCUT2D eigenvalue weighted by atomic mass is 10.1. The van der Waals surface area contributed by atoms with Crippen molar-refractivity contribution in [2.24, 2.45) is 0 Å². The average molecular weight is 246 g/mol. The van der Waals surface area contributed by atoms with Gasteiger partial charge in [0, 0.05) is 24.5 Å². The van der Waals surface area contributed by atoms with E-state index in [9.17, 15) is 0 Å². The third-order valence-corrected chi connectivity index (χ3v) is 2.94. The Morgan fingerprint density at radius 3 is 2.56 bits per heavy atom. The summed E-state index contributed by atoms with van der Waals surface area (Å²) in [6.45, 7) is 5.11. The Kier molecular flexibility index (Phi) is 5.47. The number of anilines is 2. The Bertz CT molecular complexity index is 420. The third kappa shape index (κ3) is 3.94. The lowest BCUT2D eigenvalue weighted by Gasteiger charge is -2.24. The predicted octanol–water partition coefficient (Wildman–Crippen LogP) is 1.92. The molecule has 4 heteroatoms. The second-order valence-electron chi connectivity index (χ2n) is 4.62. The number of rotatable bonds is 6. The Morgan fingerprint density at radius 2 is 2.00 bits per heavy atom. The SMILES string of the molecule is CCN(CCCN(C)C)c1ccc(N)c(C#N)c1. The van der Waals surface area contributed by atoms with Gasteiger partial charge in [0.2, 0.25) is 0 Å². The van der Waals surface area contributed by atoms with Gasteiger partial charge in [0.1, 0.15) is 6.07 Å². The van der Waals surface area contributed by atoms with E-state index in [-0.39, 0.29) is 0 Å². The molecule has 0 fully saturated rings. The maximum absolute atomic E-state index is 8.99. The smallest absolute Gasteiger partial charge is 0.101 e. The molecule has 0 amide bonds. The summed E-state index contributed by atoms with van der Waals surface area (Å²) in [5, 5.41) is 8.99. The summed E-state index contributed by atoms with van der Waals surface area (Å²) in [6.07, 6.45) is 1.10. The largest absolute Gasteiger partial charge is 0.398 e. The van der Waals surface area contributed by atoms with Crippen molar-refractivity contribution < 1.29 is 0 Å². The maximum Gasteiger partial charge on any atom is 0.101 e. The minimum absolute atomic E-state index is 0.547. The lowest BCUT2D eigenvalue weighted by molar-refractivity contribution is 0.400. The van der Waals surface area contributed by atoms with E-state index in [0.29, 0.717) is 11.3 Å². The van der Waals surface area contributed by atoms with Gasteiger partial charge < -0.3 is 15.5 Å². The molecule has 0 saturated heterocycles. The van der Waals surface area contributed by atoms with Crippen molar-refractivity contribution in [2.45, 2.75) is 13.3 Å². The highest BCUT2D eigenvalue weighted by Crippen LogP contribution is 2.20. The van der Waals surface area contributed by atoms with E-state index in [1.54, 1.807) is 0 Å². The Balaban J connectivity index is 2.73. The fraction of sp³-hybridized carbons (Fsp3) is 0.500. The molecule has 0 radical (unpaired) electrons. The lowest BCUT2D eigenvalue weighted by Crippen LogP contribution is -2.27. The Morgan fingerprint density at radius 1 is 1.28 bits per heavy atom. The molecule has 0 spiro atoms. The molecule has 0 heterocycles. The standard InChI is InChI=1S/C14H22N4/c1-4-18(9-5-8-17(2)3)13-6-7-14(16)12(10-13)11-15/h6-7,10H,4-5,8-9,16H2,1-3H3. The molecule has 1 rings (SSSR count). The average Bonchev–Trinajstić information content (AvgIpc) is 2.35. The molecule has 0 aliphatic rings. The zero-order chi connectivity index (χ0) is 13.5. The van der Waals surface area contributed by atoms with Gasteiger partial charge in [0.15, 0.2) is 0 Å². The fourth-order valence-electron chi connectivity index (χ4n) is 1.89.